The Kier molecular flexibility index (Phi) is 3.92. The zero-order valence-corrected chi connectivity index (χ0v) is 11.8. The molecule has 0 atom stereocenters. The van der Waals surface area contributed by atoms with Crippen molar-refractivity contribution < 1.29 is 4.79 Å². The maximum Gasteiger partial charge on any atom is 0.189 e. The van der Waals surface area contributed by atoms with Crippen molar-refractivity contribution in [2.24, 2.45) is 7.05 Å². The van der Waals surface area contributed by atoms with Crippen molar-refractivity contribution in [3.63, 3.8) is 0 Å². The highest BCUT2D eigenvalue weighted by molar-refractivity contribution is 8.00. The molecule has 1 aromatic carbocycles. The molecule has 18 heavy (non-hydrogen) atoms. The van der Waals surface area contributed by atoms with Gasteiger partial charge in [-0.05, 0) is 37.6 Å². The van der Waals surface area contributed by atoms with Crippen molar-refractivity contribution in [1.29, 1.82) is 0 Å². The van der Waals surface area contributed by atoms with Crippen LogP contribution >= 0.6 is 11.8 Å². The van der Waals surface area contributed by atoms with Crippen LogP contribution in [-0.4, -0.2) is 16.1 Å². The van der Waals surface area contributed by atoms with E-state index in [1.54, 1.807) is 11.8 Å². The molecule has 0 aliphatic heterocycles. The van der Waals surface area contributed by atoms with Crippen molar-refractivity contribution in [3.8, 4) is 0 Å². The van der Waals surface area contributed by atoms with E-state index in [2.05, 4.69) is 32.0 Å². The fourth-order valence-electron chi connectivity index (χ4n) is 1.83. The fraction of sp³-hybridized carbons (Fsp3) is 0.267. The summed E-state index contributed by atoms with van der Waals surface area (Å²) in [6.45, 7) is 4.15. The van der Waals surface area contributed by atoms with E-state index in [0.29, 0.717) is 5.75 Å². The number of nitrogens with zero attached hydrogens (tertiary/aromatic N) is 1. The second-order valence-electron chi connectivity index (χ2n) is 4.49. The molecule has 1 heterocycles. The number of rotatable bonds is 4. The number of aryl methyl sites for hydroxylation is 3. The maximum atomic E-state index is 12.1. The van der Waals surface area contributed by atoms with Crippen LogP contribution in [0.4, 0.5) is 0 Å². The van der Waals surface area contributed by atoms with Crippen LogP contribution in [0.25, 0.3) is 0 Å². The Morgan fingerprint density at radius 1 is 1.28 bits per heavy atom. The third-order valence-corrected chi connectivity index (χ3v) is 4.09. The van der Waals surface area contributed by atoms with Gasteiger partial charge in [0.05, 0.1) is 11.4 Å². The molecule has 0 amide bonds. The lowest BCUT2D eigenvalue weighted by atomic mass is 10.2. The number of hydrogen-bond acceptors (Lipinski definition) is 2. The third-order valence-electron chi connectivity index (χ3n) is 2.93. The molecule has 0 bridgehead atoms. The summed E-state index contributed by atoms with van der Waals surface area (Å²) in [5.74, 6) is 0.663. The van der Waals surface area contributed by atoms with Gasteiger partial charge in [0.25, 0.3) is 0 Å². The van der Waals surface area contributed by atoms with Crippen molar-refractivity contribution in [3.05, 3.63) is 53.3 Å². The van der Waals surface area contributed by atoms with E-state index in [4.69, 9.17) is 0 Å². The molecule has 0 spiro atoms. The van der Waals surface area contributed by atoms with Crippen molar-refractivity contribution in [2.75, 3.05) is 5.75 Å². The van der Waals surface area contributed by atoms with Crippen LogP contribution in [0.3, 0.4) is 0 Å². The average Bonchev–Trinajstić information content (AvgIpc) is 2.76. The summed E-state index contributed by atoms with van der Waals surface area (Å²) in [7, 11) is 1.90. The SMILES string of the molecule is Cc1ccc(C)c(SCC(=O)c2cccn2C)c1. The first-order valence-electron chi connectivity index (χ1n) is 5.92. The van der Waals surface area contributed by atoms with Crippen LogP contribution in [0.15, 0.2) is 41.4 Å². The number of ketones is 1. The van der Waals surface area contributed by atoms with Gasteiger partial charge in [0, 0.05) is 18.1 Å². The minimum atomic E-state index is 0.174. The Morgan fingerprint density at radius 2 is 2.06 bits per heavy atom. The van der Waals surface area contributed by atoms with Gasteiger partial charge in [-0.15, -0.1) is 11.8 Å². The Morgan fingerprint density at radius 3 is 2.72 bits per heavy atom. The monoisotopic (exact) mass is 259 g/mol. The number of thioether (sulfide) groups is 1. The van der Waals surface area contributed by atoms with Gasteiger partial charge < -0.3 is 4.57 Å². The van der Waals surface area contributed by atoms with Crippen LogP contribution < -0.4 is 0 Å². The normalized spacial score (nSPS) is 10.6. The van der Waals surface area contributed by atoms with Gasteiger partial charge in [-0.3, -0.25) is 4.79 Å². The first-order valence-corrected chi connectivity index (χ1v) is 6.91. The molecule has 2 rings (SSSR count). The summed E-state index contributed by atoms with van der Waals surface area (Å²) in [6.07, 6.45) is 1.90. The molecule has 0 saturated carbocycles. The van der Waals surface area contributed by atoms with Crippen molar-refractivity contribution in [1.82, 2.24) is 4.57 Å². The first-order chi connectivity index (χ1) is 8.58. The number of carbonyl (C=O) groups is 1. The highest BCUT2D eigenvalue weighted by atomic mass is 32.2. The molecule has 0 unspecified atom stereocenters. The van der Waals surface area contributed by atoms with Gasteiger partial charge >= 0.3 is 0 Å². The van der Waals surface area contributed by atoms with Gasteiger partial charge in [-0.25, -0.2) is 0 Å². The van der Waals surface area contributed by atoms with Crippen LogP contribution in [0.1, 0.15) is 21.6 Å². The third kappa shape index (κ3) is 2.85. The van der Waals surface area contributed by atoms with Crippen molar-refractivity contribution in [2.45, 2.75) is 18.7 Å². The Labute approximate surface area is 112 Å². The number of benzene rings is 1. The molecule has 3 heteroatoms. The topological polar surface area (TPSA) is 22.0 Å². The van der Waals surface area contributed by atoms with E-state index in [1.807, 2.05) is 29.9 Å². The van der Waals surface area contributed by atoms with Crippen molar-refractivity contribution >= 4 is 17.5 Å². The molecule has 0 aliphatic rings. The summed E-state index contributed by atoms with van der Waals surface area (Å²) in [5.41, 5.74) is 3.23. The molecule has 1 aromatic heterocycles. The lowest BCUT2D eigenvalue weighted by molar-refractivity contribution is 0.101. The molecule has 0 fully saturated rings. The summed E-state index contributed by atoms with van der Waals surface area (Å²) < 4.78 is 1.87. The number of hydrogen-bond donors (Lipinski definition) is 0. The Bertz CT molecular complexity index is 572. The maximum absolute atomic E-state index is 12.1. The molecular weight excluding hydrogens is 242 g/mol. The molecule has 0 N–H and O–H groups in total. The number of aromatic nitrogens is 1. The molecule has 0 radical (unpaired) electrons. The Balaban J connectivity index is 2.06. The summed E-state index contributed by atoms with van der Waals surface area (Å²) in [5, 5.41) is 0. The van der Waals surface area contributed by atoms with Gasteiger partial charge in [0.1, 0.15) is 0 Å². The summed E-state index contributed by atoms with van der Waals surface area (Å²) >= 11 is 1.61. The predicted molar refractivity (Wildman–Crippen MR) is 76.4 cm³/mol. The number of Topliss-reactive ketones (excluding diaryl/α,β-unsaturated/α-hetero) is 1. The van der Waals surface area contributed by atoms with Crippen LogP contribution in [0, 0.1) is 13.8 Å². The first kappa shape index (κ1) is 13.0. The molecule has 2 nitrogen and oxygen atoms in total. The van der Waals surface area contributed by atoms with E-state index in [0.717, 1.165) is 5.69 Å². The van der Waals surface area contributed by atoms with Gasteiger partial charge in [-0.2, -0.15) is 0 Å². The largest absolute Gasteiger partial charge is 0.348 e. The lowest BCUT2D eigenvalue weighted by Gasteiger charge is -2.07. The summed E-state index contributed by atoms with van der Waals surface area (Å²) in [4.78, 5) is 13.2. The van der Waals surface area contributed by atoms with E-state index < -0.39 is 0 Å². The molecule has 0 saturated heterocycles. The number of carbonyl (C=O) groups excluding carboxylic acids is 1. The zero-order valence-electron chi connectivity index (χ0n) is 10.9. The van der Waals surface area contributed by atoms with Gasteiger partial charge in [-0.1, -0.05) is 17.7 Å². The van der Waals surface area contributed by atoms with E-state index in [1.165, 1.54) is 16.0 Å². The fourth-order valence-corrected chi connectivity index (χ4v) is 2.83. The van der Waals surface area contributed by atoms with E-state index in [9.17, 15) is 4.79 Å². The minimum Gasteiger partial charge on any atom is -0.348 e. The van der Waals surface area contributed by atoms with E-state index >= 15 is 0 Å². The minimum absolute atomic E-state index is 0.174. The molecule has 94 valence electrons. The smallest absolute Gasteiger partial charge is 0.189 e. The van der Waals surface area contributed by atoms with E-state index in [-0.39, 0.29) is 5.78 Å². The highest BCUT2D eigenvalue weighted by Gasteiger charge is 2.10. The molecular formula is C15H17NOS. The van der Waals surface area contributed by atoms with Crippen LogP contribution in [0.5, 0.6) is 0 Å². The second kappa shape index (κ2) is 5.44. The lowest BCUT2D eigenvalue weighted by Crippen LogP contribution is -2.07. The van der Waals surface area contributed by atoms with Crippen LogP contribution in [0.2, 0.25) is 0 Å². The predicted octanol–water partition coefficient (Wildman–Crippen LogP) is 3.62. The molecule has 0 aliphatic carbocycles. The standard InChI is InChI=1S/C15H17NOS/c1-11-6-7-12(2)15(9-11)18-10-14(17)13-5-4-8-16(13)3/h4-9H,10H2,1-3H3. The second-order valence-corrected chi connectivity index (χ2v) is 5.50. The molecule has 2 aromatic rings. The zero-order chi connectivity index (χ0) is 13.1. The van der Waals surface area contributed by atoms with Gasteiger partial charge in [0.15, 0.2) is 5.78 Å². The van der Waals surface area contributed by atoms with Gasteiger partial charge in [0.2, 0.25) is 0 Å². The highest BCUT2D eigenvalue weighted by Crippen LogP contribution is 2.24. The van der Waals surface area contributed by atoms with Crippen LogP contribution in [-0.2, 0) is 7.05 Å². The average molecular weight is 259 g/mol. The summed E-state index contributed by atoms with van der Waals surface area (Å²) in [6, 6.07) is 10.1. The Hall–Kier alpha value is -1.48. The quantitative estimate of drug-likeness (QED) is 0.618.